The average Bonchev–Trinajstić information content (AvgIpc) is 1.93. The van der Waals surface area contributed by atoms with Gasteiger partial charge in [0.05, 0.1) is 11.8 Å². The SMILES string of the molecule is CC(C)(C)CC(CC(=O)O)(CC(C)(C)C)C(=O)O. The van der Waals surface area contributed by atoms with E-state index in [1.165, 1.54) is 0 Å². The molecule has 0 spiro atoms. The maximum absolute atomic E-state index is 11.6. The molecule has 0 saturated carbocycles. The maximum atomic E-state index is 11.6. The van der Waals surface area contributed by atoms with Crippen molar-refractivity contribution >= 4 is 11.9 Å². The zero-order chi connectivity index (χ0) is 14.8. The minimum atomic E-state index is -1.19. The lowest BCUT2D eigenvalue weighted by Gasteiger charge is -2.38. The van der Waals surface area contributed by atoms with Crippen molar-refractivity contribution in [3.8, 4) is 0 Å². The van der Waals surface area contributed by atoms with Crippen LogP contribution in [0, 0.1) is 16.2 Å². The van der Waals surface area contributed by atoms with Gasteiger partial charge in [-0.25, -0.2) is 0 Å². The van der Waals surface area contributed by atoms with Crippen LogP contribution >= 0.6 is 0 Å². The van der Waals surface area contributed by atoms with Crippen molar-refractivity contribution in [3.63, 3.8) is 0 Å². The summed E-state index contributed by atoms with van der Waals surface area (Å²) >= 11 is 0. The van der Waals surface area contributed by atoms with Crippen molar-refractivity contribution < 1.29 is 19.8 Å². The first kappa shape index (κ1) is 16.9. The first-order chi connectivity index (χ1) is 7.77. The fraction of sp³-hybridized carbons (Fsp3) is 0.857. The summed E-state index contributed by atoms with van der Waals surface area (Å²) in [5.41, 5.74) is -1.64. The first-order valence-electron chi connectivity index (χ1n) is 6.23. The second-order valence-corrected chi connectivity index (χ2v) is 7.63. The number of aliphatic carboxylic acids is 2. The van der Waals surface area contributed by atoms with Gasteiger partial charge in [0.15, 0.2) is 0 Å². The highest BCUT2D eigenvalue weighted by molar-refractivity contribution is 5.81. The third kappa shape index (κ3) is 6.03. The number of hydrogen-bond acceptors (Lipinski definition) is 2. The van der Waals surface area contributed by atoms with E-state index in [1.807, 2.05) is 41.5 Å². The summed E-state index contributed by atoms with van der Waals surface area (Å²) in [5.74, 6) is -2.05. The molecule has 18 heavy (non-hydrogen) atoms. The fourth-order valence-corrected chi connectivity index (χ4v) is 2.73. The molecule has 0 aromatic rings. The molecule has 106 valence electrons. The molecule has 0 aromatic carbocycles. The van der Waals surface area contributed by atoms with E-state index in [9.17, 15) is 14.7 Å². The highest BCUT2D eigenvalue weighted by atomic mass is 16.4. The minimum absolute atomic E-state index is 0.223. The largest absolute Gasteiger partial charge is 0.481 e. The molecule has 0 aliphatic heterocycles. The summed E-state index contributed by atoms with van der Waals surface area (Å²) in [6.45, 7) is 11.6. The zero-order valence-corrected chi connectivity index (χ0v) is 12.3. The van der Waals surface area contributed by atoms with Crippen molar-refractivity contribution in [2.75, 3.05) is 0 Å². The summed E-state index contributed by atoms with van der Waals surface area (Å²) in [6, 6.07) is 0. The summed E-state index contributed by atoms with van der Waals surface area (Å²) in [4.78, 5) is 22.7. The van der Waals surface area contributed by atoms with Crippen molar-refractivity contribution in [3.05, 3.63) is 0 Å². The number of carbonyl (C=O) groups is 2. The third-order valence-electron chi connectivity index (χ3n) is 2.68. The summed E-state index contributed by atoms with van der Waals surface area (Å²) in [5, 5.41) is 18.6. The van der Waals surface area contributed by atoms with Gasteiger partial charge in [-0.1, -0.05) is 41.5 Å². The molecule has 0 aromatic heterocycles. The fourth-order valence-electron chi connectivity index (χ4n) is 2.73. The van der Waals surface area contributed by atoms with Gasteiger partial charge in [-0.2, -0.15) is 0 Å². The molecule has 0 radical (unpaired) electrons. The molecule has 2 N–H and O–H groups in total. The van der Waals surface area contributed by atoms with Crippen LogP contribution in [-0.2, 0) is 9.59 Å². The van der Waals surface area contributed by atoms with Crippen LogP contribution in [0.4, 0.5) is 0 Å². The predicted octanol–water partition coefficient (Wildman–Crippen LogP) is 3.40. The van der Waals surface area contributed by atoms with Crippen LogP contribution in [0.5, 0.6) is 0 Å². The van der Waals surface area contributed by atoms with E-state index in [0.29, 0.717) is 12.8 Å². The molecule has 4 nitrogen and oxygen atoms in total. The van der Waals surface area contributed by atoms with Crippen LogP contribution in [0.25, 0.3) is 0 Å². The lowest BCUT2D eigenvalue weighted by Crippen LogP contribution is -2.40. The van der Waals surface area contributed by atoms with Gasteiger partial charge in [0.1, 0.15) is 0 Å². The van der Waals surface area contributed by atoms with Crippen LogP contribution < -0.4 is 0 Å². The Labute approximate surface area is 109 Å². The molecule has 4 heteroatoms. The Bertz CT molecular complexity index is 302. The topological polar surface area (TPSA) is 74.6 Å². The summed E-state index contributed by atoms with van der Waals surface area (Å²) < 4.78 is 0. The number of hydrogen-bond donors (Lipinski definition) is 2. The summed E-state index contributed by atoms with van der Waals surface area (Å²) in [7, 11) is 0. The van der Waals surface area contributed by atoms with Gasteiger partial charge in [-0.05, 0) is 23.7 Å². The Morgan fingerprint density at radius 1 is 0.833 bits per heavy atom. The van der Waals surface area contributed by atoms with Gasteiger partial charge >= 0.3 is 11.9 Å². The molecule has 0 bridgehead atoms. The molecule has 0 heterocycles. The summed E-state index contributed by atoms with van der Waals surface area (Å²) in [6.07, 6.45) is 0.397. The number of rotatable bonds is 5. The number of carboxylic acid groups (broad SMARTS) is 2. The normalized spacial score (nSPS) is 13.4. The third-order valence-corrected chi connectivity index (χ3v) is 2.68. The monoisotopic (exact) mass is 258 g/mol. The molecule has 0 fully saturated rings. The second kappa shape index (κ2) is 5.29. The quantitative estimate of drug-likeness (QED) is 0.792. The van der Waals surface area contributed by atoms with Crippen molar-refractivity contribution in [1.82, 2.24) is 0 Å². The highest BCUT2D eigenvalue weighted by Crippen LogP contribution is 2.45. The van der Waals surface area contributed by atoms with Crippen LogP contribution in [-0.4, -0.2) is 22.2 Å². The Hall–Kier alpha value is -1.06. The van der Waals surface area contributed by atoms with Gasteiger partial charge in [0, 0.05) is 0 Å². The Morgan fingerprint density at radius 3 is 1.33 bits per heavy atom. The Morgan fingerprint density at radius 2 is 1.17 bits per heavy atom. The Kier molecular flexibility index (Phi) is 4.98. The van der Waals surface area contributed by atoms with Crippen LogP contribution in [0.2, 0.25) is 0 Å². The van der Waals surface area contributed by atoms with E-state index in [-0.39, 0.29) is 17.3 Å². The molecule has 0 atom stereocenters. The van der Waals surface area contributed by atoms with Crippen molar-refractivity contribution in [1.29, 1.82) is 0 Å². The van der Waals surface area contributed by atoms with Crippen LogP contribution in [0.3, 0.4) is 0 Å². The van der Waals surface area contributed by atoms with Crippen molar-refractivity contribution in [2.45, 2.75) is 60.8 Å². The van der Waals surface area contributed by atoms with Gasteiger partial charge < -0.3 is 10.2 Å². The molecule has 0 unspecified atom stereocenters. The smallest absolute Gasteiger partial charge is 0.310 e. The van der Waals surface area contributed by atoms with Crippen molar-refractivity contribution in [2.24, 2.45) is 16.2 Å². The van der Waals surface area contributed by atoms with Crippen LogP contribution in [0.1, 0.15) is 60.8 Å². The number of carboxylic acids is 2. The highest BCUT2D eigenvalue weighted by Gasteiger charge is 2.45. The van der Waals surface area contributed by atoms with E-state index in [2.05, 4.69) is 0 Å². The van der Waals surface area contributed by atoms with E-state index < -0.39 is 17.4 Å². The first-order valence-corrected chi connectivity index (χ1v) is 6.23. The van der Waals surface area contributed by atoms with Gasteiger partial charge in [-0.3, -0.25) is 9.59 Å². The molecule has 0 saturated heterocycles. The van der Waals surface area contributed by atoms with E-state index in [4.69, 9.17) is 5.11 Å². The molecule has 0 amide bonds. The van der Waals surface area contributed by atoms with Gasteiger partial charge in [0.25, 0.3) is 0 Å². The molecule has 0 aliphatic carbocycles. The van der Waals surface area contributed by atoms with Gasteiger partial charge in [-0.15, -0.1) is 0 Å². The molecule has 0 rings (SSSR count). The predicted molar refractivity (Wildman–Crippen MR) is 70.5 cm³/mol. The van der Waals surface area contributed by atoms with E-state index in [1.54, 1.807) is 0 Å². The molecular formula is C14H26O4. The average molecular weight is 258 g/mol. The van der Waals surface area contributed by atoms with Crippen LogP contribution in [0.15, 0.2) is 0 Å². The lowest BCUT2D eigenvalue weighted by molar-refractivity contribution is -0.160. The Balaban J connectivity index is 5.43. The maximum Gasteiger partial charge on any atom is 0.310 e. The zero-order valence-electron chi connectivity index (χ0n) is 12.3. The van der Waals surface area contributed by atoms with E-state index >= 15 is 0 Å². The van der Waals surface area contributed by atoms with Gasteiger partial charge in [0.2, 0.25) is 0 Å². The second-order valence-electron chi connectivity index (χ2n) is 7.63. The minimum Gasteiger partial charge on any atom is -0.481 e. The molecule has 0 aliphatic rings. The molecular weight excluding hydrogens is 232 g/mol. The lowest BCUT2D eigenvalue weighted by atomic mass is 9.65. The standard InChI is InChI=1S/C14H26O4/c1-12(2,3)8-14(11(17)18,7-10(15)16)9-13(4,5)6/h7-9H2,1-6H3,(H,15,16)(H,17,18). The van der Waals surface area contributed by atoms with E-state index in [0.717, 1.165) is 0 Å².